The highest BCUT2D eigenvalue weighted by atomic mass is 32.2. The molecular formula is C27H27N3O3S2. The summed E-state index contributed by atoms with van der Waals surface area (Å²) in [4.78, 5) is 17.9. The lowest BCUT2D eigenvalue weighted by Crippen LogP contribution is -2.42. The Labute approximate surface area is 209 Å². The molecule has 2 unspecified atom stereocenters. The quantitative estimate of drug-likeness (QED) is 0.399. The van der Waals surface area contributed by atoms with Gasteiger partial charge in [0.05, 0.1) is 15.1 Å². The van der Waals surface area contributed by atoms with Crippen molar-refractivity contribution in [3.8, 4) is 0 Å². The monoisotopic (exact) mass is 505 g/mol. The first-order valence-electron chi connectivity index (χ1n) is 12.0. The van der Waals surface area contributed by atoms with Gasteiger partial charge in [-0.2, -0.15) is 4.31 Å². The van der Waals surface area contributed by atoms with Crippen molar-refractivity contribution in [3.63, 3.8) is 0 Å². The van der Waals surface area contributed by atoms with Crippen molar-refractivity contribution in [2.75, 3.05) is 18.4 Å². The molecule has 0 bridgehead atoms. The molecule has 0 spiro atoms. The van der Waals surface area contributed by atoms with Crippen LogP contribution in [0.5, 0.6) is 0 Å². The lowest BCUT2D eigenvalue weighted by atomic mass is 9.94. The number of hydrogen-bond acceptors (Lipinski definition) is 5. The number of nitrogens with one attached hydrogen (secondary N) is 1. The van der Waals surface area contributed by atoms with Gasteiger partial charge in [-0.1, -0.05) is 43.4 Å². The van der Waals surface area contributed by atoms with Gasteiger partial charge in [-0.15, -0.1) is 0 Å². The van der Waals surface area contributed by atoms with Gasteiger partial charge in [0.2, 0.25) is 10.0 Å². The SMILES string of the molecule is CC1CC(C)CN(S(=O)(=O)c2ccc(C(=O)Nc3nc4c(cc5c6c(cccc64)CC5)s3)cc2)C1. The summed E-state index contributed by atoms with van der Waals surface area (Å²) in [6, 6.07) is 14.8. The number of piperidine rings is 1. The van der Waals surface area contributed by atoms with Crippen molar-refractivity contribution in [2.45, 2.75) is 38.0 Å². The van der Waals surface area contributed by atoms with E-state index in [9.17, 15) is 13.2 Å². The first-order chi connectivity index (χ1) is 16.8. The summed E-state index contributed by atoms with van der Waals surface area (Å²) in [6.07, 6.45) is 3.14. The molecule has 6 rings (SSSR count). The predicted octanol–water partition coefficient (Wildman–Crippen LogP) is 5.47. The fourth-order valence-corrected chi connectivity index (χ4v) is 8.28. The number of fused-ring (bicyclic) bond motifs is 2. The minimum atomic E-state index is -3.58. The molecule has 3 aromatic carbocycles. The van der Waals surface area contributed by atoms with Gasteiger partial charge in [-0.05, 0) is 77.9 Å². The lowest BCUT2D eigenvalue weighted by molar-refractivity contribution is 0.102. The Hall–Kier alpha value is -2.81. The number of hydrogen-bond donors (Lipinski definition) is 1. The number of carbonyl (C=O) groups is 1. The van der Waals surface area contributed by atoms with E-state index in [4.69, 9.17) is 4.98 Å². The highest BCUT2D eigenvalue weighted by molar-refractivity contribution is 7.89. The summed E-state index contributed by atoms with van der Waals surface area (Å²) in [5.74, 6) is 0.368. The first kappa shape index (κ1) is 22.6. The topological polar surface area (TPSA) is 79.4 Å². The van der Waals surface area contributed by atoms with Crippen LogP contribution in [-0.4, -0.2) is 36.7 Å². The van der Waals surface area contributed by atoms with E-state index in [1.165, 1.54) is 40.0 Å². The molecule has 0 radical (unpaired) electrons. The van der Waals surface area contributed by atoms with Crippen molar-refractivity contribution in [3.05, 3.63) is 65.2 Å². The highest BCUT2D eigenvalue weighted by Crippen LogP contribution is 2.39. The minimum Gasteiger partial charge on any atom is -0.298 e. The number of anilines is 1. The number of thiazole rings is 1. The van der Waals surface area contributed by atoms with Crippen molar-refractivity contribution in [2.24, 2.45) is 11.8 Å². The average Bonchev–Trinajstić information content (AvgIpc) is 3.43. The van der Waals surface area contributed by atoms with Crippen molar-refractivity contribution in [1.82, 2.24) is 9.29 Å². The van der Waals surface area contributed by atoms with Crippen LogP contribution in [0.4, 0.5) is 5.13 Å². The molecule has 35 heavy (non-hydrogen) atoms. The molecule has 4 aromatic rings. The van der Waals surface area contributed by atoms with Gasteiger partial charge in [-0.3, -0.25) is 10.1 Å². The number of benzene rings is 3. The summed E-state index contributed by atoms with van der Waals surface area (Å²) in [6.45, 7) is 5.24. The van der Waals surface area contributed by atoms with Crippen LogP contribution in [0.3, 0.4) is 0 Å². The van der Waals surface area contributed by atoms with Gasteiger partial charge < -0.3 is 0 Å². The largest absolute Gasteiger partial charge is 0.298 e. The number of aryl methyl sites for hydroxylation is 2. The number of nitrogens with zero attached hydrogens (tertiary/aromatic N) is 2. The molecule has 8 heteroatoms. The highest BCUT2D eigenvalue weighted by Gasteiger charge is 2.31. The number of rotatable bonds is 4. The van der Waals surface area contributed by atoms with E-state index in [2.05, 4.69) is 43.4 Å². The zero-order valence-corrected chi connectivity index (χ0v) is 21.4. The van der Waals surface area contributed by atoms with Crippen LogP contribution in [0, 0.1) is 11.8 Å². The Morgan fingerprint density at radius 2 is 1.74 bits per heavy atom. The van der Waals surface area contributed by atoms with E-state index in [1.54, 1.807) is 16.4 Å². The van der Waals surface area contributed by atoms with Crippen molar-refractivity contribution < 1.29 is 13.2 Å². The summed E-state index contributed by atoms with van der Waals surface area (Å²) >= 11 is 1.47. The molecule has 1 N–H and O–H groups in total. The lowest BCUT2D eigenvalue weighted by Gasteiger charge is -2.34. The molecule has 2 atom stereocenters. The van der Waals surface area contributed by atoms with Crippen LogP contribution in [-0.2, 0) is 22.9 Å². The van der Waals surface area contributed by atoms with Crippen LogP contribution < -0.4 is 5.32 Å². The van der Waals surface area contributed by atoms with Crippen LogP contribution in [0.25, 0.3) is 21.0 Å². The van der Waals surface area contributed by atoms with Crippen LogP contribution in [0.15, 0.2) is 53.4 Å². The fourth-order valence-electron chi connectivity index (χ4n) is 5.66. The van der Waals surface area contributed by atoms with Crippen LogP contribution in [0.1, 0.15) is 41.8 Å². The molecule has 1 amide bonds. The van der Waals surface area contributed by atoms with E-state index >= 15 is 0 Å². The second-order valence-corrected chi connectivity index (χ2v) is 13.0. The zero-order chi connectivity index (χ0) is 24.3. The van der Waals surface area contributed by atoms with E-state index < -0.39 is 10.0 Å². The van der Waals surface area contributed by atoms with Crippen molar-refractivity contribution in [1.29, 1.82) is 0 Å². The van der Waals surface area contributed by atoms with Gasteiger partial charge in [0.15, 0.2) is 5.13 Å². The first-order valence-corrected chi connectivity index (χ1v) is 14.3. The Kier molecular flexibility index (Phi) is 5.43. The number of aromatic nitrogens is 1. The molecule has 0 saturated carbocycles. The summed E-state index contributed by atoms with van der Waals surface area (Å²) in [5, 5.41) is 5.89. The molecule has 6 nitrogen and oxygen atoms in total. The summed E-state index contributed by atoms with van der Waals surface area (Å²) in [5.41, 5.74) is 4.03. The zero-order valence-electron chi connectivity index (χ0n) is 19.7. The number of sulfonamides is 1. The fraction of sp³-hybridized carbons (Fsp3) is 0.333. The van der Waals surface area contributed by atoms with Crippen molar-refractivity contribution >= 4 is 53.4 Å². The third-order valence-corrected chi connectivity index (χ3v) is 9.92. The molecule has 1 aliphatic carbocycles. The molecule has 2 aliphatic rings. The summed E-state index contributed by atoms with van der Waals surface area (Å²) < 4.78 is 28.9. The Bertz CT molecular complexity index is 1570. The molecular weight excluding hydrogens is 478 g/mol. The van der Waals surface area contributed by atoms with E-state index in [0.717, 1.165) is 34.9 Å². The van der Waals surface area contributed by atoms with E-state index in [0.29, 0.717) is 35.6 Å². The van der Waals surface area contributed by atoms with Crippen LogP contribution >= 0.6 is 11.3 Å². The smallest absolute Gasteiger partial charge is 0.257 e. The van der Waals surface area contributed by atoms with E-state index in [-0.39, 0.29) is 10.8 Å². The predicted molar refractivity (Wildman–Crippen MR) is 141 cm³/mol. The Morgan fingerprint density at radius 1 is 1.03 bits per heavy atom. The molecule has 1 aromatic heterocycles. The molecule has 1 saturated heterocycles. The summed E-state index contributed by atoms with van der Waals surface area (Å²) in [7, 11) is -3.58. The maximum absolute atomic E-state index is 13.1. The number of carbonyl (C=O) groups excluding carboxylic acids is 1. The molecule has 1 fully saturated rings. The van der Waals surface area contributed by atoms with Gasteiger partial charge in [0.1, 0.15) is 0 Å². The molecule has 180 valence electrons. The minimum absolute atomic E-state index is 0.222. The molecule has 1 aliphatic heterocycles. The number of amides is 1. The van der Waals surface area contributed by atoms with Crippen LogP contribution in [0.2, 0.25) is 0 Å². The average molecular weight is 506 g/mol. The van der Waals surface area contributed by atoms with E-state index in [1.807, 2.05) is 0 Å². The Morgan fingerprint density at radius 3 is 2.49 bits per heavy atom. The van der Waals surface area contributed by atoms with Gasteiger partial charge in [-0.25, -0.2) is 13.4 Å². The molecule has 2 heterocycles. The second kappa shape index (κ2) is 8.40. The Balaban J connectivity index is 1.24. The van der Waals surface area contributed by atoms with Gasteiger partial charge >= 0.3 is 0 Å². The van der Waals surface area contributed by atoms with Gasteiger partial charge in [0.25, 0.3) is 5.91 Å². The third-order valence-electron chi connectivity index (χ3n) is 7.16. The van der Waals surface area contributed by atoms with Gasteiger partial charge in [0, 0.05) is 24.0 Å². The third kappa shape index (κ3) is 3.93. The standard InChI is InChI=1S/C27H27N3O3S2/c1-16-12-17(2)15-30(14-16)35(32,33)21-10-8-19(9-11-21)26(31)29-27-28-25-22-5-3-4-18-6-7-20(24(18)22)13-23(25)34-27/h3-5,8-11,13,16-17H,6-7,12,14-15H2,1-2H3,(H,28,29,31). The second-order valence-electron chi connectivity index (χ2n) is 9.99. The normalized spacial score (nSPS) is 20.5. The maximum Gasteiger partial charge on any atom is 0.257 e. The maximum atomic E-state index is 13.1.